The zero-order valence-electron chi connectivity index (χ0n) is 17.9. The normalized spacial score (nSPS) is 14.5. The van der Waals surface area contributed by atoms with Crippen LogP contribution in [0.2, 0.25) is 0 Å². The number of halogens is 3. The van der Waals surface area contributed by atoms with Gasteiger partial charge >= 0.3 is 17.3 Å². The summed E-state index contributed by atoms with van der Waals surface area (Å²) in [6.45, 7) is 2.01. The first-order valence-electron chi connectivity index (χ1n) is 10.1. The Hall–Kier alpha value is -3.60. The van der Waals surface area contributed by atoms with Gasteiger partial charge in [0.05, 0.1) is 41.2 Å². The Bertz CT molecular complexity index is 1340. The number of nitrogens with one attached hydrogen (secondary N) is 1. The molecule has 4 rings (SSSR count). The Morgan fingerprint density at radius 3 is 2.03 bits per heavy atom. The maximum atomic E-state index is 12.9. The van der Waals surface area contributed by atoms with E-state index in [1.807, 2.05) is 4.90 Å². The highest BCUT2D eigenvalue weighted by Gasteiger charge is 2.30. The second kappa shape index (κ2) is 8.39. The van der Waals surface area contributed by atoms with E-state index in [2.05, 4.69) is 5.32 Å². The van der Waals surface area contributed by atoms with Crippen molar-refractivity contribution in [3.63, 3.8) is 0 Å². The van der Waals surface area contributed by atoms with Gasteiger partial charge in [0.25, 0.3) is 5.91 Å². The third-order valence-corrected chi connectivity index (χ3v) is 5.68. The molecule has 0 radical (unpaired) electrons. The minimum Gasteiger partial charge on any atom is -0.378 e. The average molecular weight is 462 g/mol. The fourth-order valence-electron chi connectivity index (χ4n) is 3.78. The Morgan fingerprint density at radius 1 is 0.939 bits per heavy atom. The standard InChI is InChI=1S/C22H21F3N4O4/c1-27-17-11-15(26-19(30)13-3-5-14(6-4-13)22(23,24)25)16(29-7-9-33-10-8-29)12-18(17)28(2)21(32)20(27)31/h3-6,11-12H,7-10H2,1-2H3,(H,26,30). The maximum absolute atomic E-state index is 12.9. The van der Waals surface area contributed by atoms with E-state index in [9.17, 15) is 27.6 Å². The number of alkyl halides is 3. The number of benzene rings is 2. The van der Waals surface area contributed by atoms with E-state index in [4.69, 9.17) is 4.74 Å². The Labute approximate surface area is 185 Å². The van der Waals surface area contributed by atoms with Gasteiger partial charge in [0.15, 0.2) is 0 Å². The molecule has 8 nitrogen and oxygen atoms in total. The molecule has 174 valence electrons. The number of aryl methyl sites for hydroxylation is 2. The Balaban J connectivity index is 1.80. The molecular weight excluding hydrogens is 441 g/mol. The molecule has 2 aromatic carbocycles. The Kier molecular flexibility index (Phi) is 5.75. The van der Waals surface area contributed by atoms with Crippen molar-refractivity contribution in [3.8, 4) is 0 Å². The van der Waals surface area contributed by atoms with Gasteiger partial charge in [-0.3, -0.25) is 14.4 Å². The van der Waals surface area contributed by atoms with Crippen molar-refractivity contribution in [2.45, 2.75) is 6.18 Å². The highest BCUT2D eigenvalue weighted by molar-refractivity contribution is 6.07. The number of nitrogens with zero attached hydrogens (tertiary/aromatic N) is 3. The number of carbonyl (C=O) groups excluding carboxylic acids is 1. The minimum absolute atomic E-state index is 0.0466. The summed E-state index contributed by atoms with van der Waals surface area (Å²) in [6, 6.07) is 7.20. The molecule has 0 atom stereocenters. The first-order valence-corrected chi connectivity index (χ1v) is 10.1. The van der Waals surface area contributed by atoms with Crippen molar-refractivity contribution in [2.24, 2.45) is 14.1 Å². The number of hydrogen-bond acceptors (Lipinski definition) is 5. The van der Waals surface area contributed by atoms with Crippen LogP contribution in [-0.4, -0.2) is 41.3 Å². The molecule has 1 aromatic heterocycles. The second-order valence-corrected chi connectivity index (χ2v) is 7.72. The number of aromatic nitrogens is 2. The molecule has 0 aliphatic carbocycles. The number of morpholine rings is 1. The van der Waals surface area contributed by atoms with Gasteiger partial charge < -0.3 is 24.1 Å². The lowest BCUT2D eigenvalue weighted by Gasteiger charge is -2.31. The van der Waals surface area contributed by atoms with Crippen molar-refractivity contribution in [3.05, 3.63) is 68.2 Å². The van der Waals surface area contributed by atoms with Crippen LogP contribution in [0.1, 0.15) is 15.9 Å². The van der Waals surface area contributed by atoms with Crippen LogP contribution in [-0.2, 0) is 25.0 Å². The highest BCUT2D eigenvalue weighted by atomic mass is 19.4. The topological polar surface area (TPSA) is 85.6 Å². The summed E-state index contributed by atoms with van der Waals surface area (Å²) < 4.78 is 46.4. The highest BCUT2D eigenvalue weighted by Crippen LogP contribution is 2.32. The van der Waals surface area contributed by atoms with Crippen LogP contribution in [0, 0.1) is 0 Å². The molecular formula is C22H21F3N4O4. The summed E-state index contributed by atoms with van der Waals surface area (Å²) in [5.74, 6) is -0.604. The quantitative estimate of drug-likeness (QED) is 0.604. The van der Waals surface area contributed by atoms with Crippen molar-refractivity contribution >= 4 is 28.3 Å². The minimum atomic E-state index is -4.50. The van der Waals surface area contributed by atoms with Crippen molar-refractivity contribution in [1.82, 2.24) is 9.13 Å². The van der Waals surface area contributed by atoms with Crippen LogP contribution in [0.5, 0.6) is 0 Å². The molecule has 1 aliphatic heterocycles. The molecule has 33 heavy (non-hydrogen) atoms. The summed E-state index contributed by atoms with van der Waals surface area (Å²) in [5, 5.41) is 2.75. The maximum Gasteiger partial charge on any atom is 0.416 e. The average Bonchev–Trinajstić information content (AvgIpc) is 2.81. The molecule has 0 saturated carbocycles. The van der Waals surface area contributed by atoms with E-state index in [1.54, 1.807) is 12.1 Å². The van der Waals surface area contributed by atoms with Gasteiger partial charge in [-0.05, 0) is 36.4 Å². The lowest BCUT2D eigenvalue weighted by Crippen LogP contribution is -2.40. The molecule has 11 heteroatoms. The summed E-state index contributed by atoms with van der Waals surface area (Å²) in [7, 11) is 2.96. The SMILES string of the molecule is Cn1c(=O)c(=O)n(C)c2cc(N3CCOCC3)c(NC(=O)c3ccc(C(F)(F)F)cc3)cc21. The van der Waals surface area contributed by atoms with Gasteiger partial charge in [0.2, 0.25) is 0 Å². The molecule has 0 bridgehead atoms. The van der Waals surface area contributed by atoms with Crippen LogP contribution >= 0.6 is 0 Å². The monoisotopic (exact) mass is 462 g/mol. The number of ether oxygens (including phenoxy) is 1. The zero-order valence-corrected chi connectivity index (χ0v) is 17.9. The van der Waals surface area contributed by atoms with Gasteiger partial charge in [-0.25, -0.2) is 0 Å². The van der Waals surface area contributed by atoms with Crippen LogP contribution in [0.25, 0.3) is 11.0 Å². The summed E-state index contributed by atoms with van der Waals surface area (Å²) >= 11 is 0. The van der Waals surface area contributed by atoms with E-state index in [0.29, 0.717) is 48.7 Å². The van der Waals surface area contributed by atoms with E-state index >= 15 is 0 Å². The number of anilines is 2. The lowest BCUT2D eigenvalue weighted by atomic mass is 10.1. The molecule has 1 amide bonds. The molecule has 1 aliphatic rings. The summed E-state index contributed by atoms with van der Waals surface area (Å²) in [6.07, 6.45) is -4.50. The van der Waals surface area contributed by atoms with Crippen molar-refractivity contribution in [2.75, 3.05) is 36.5 Å². The van der Waals surface area contributed by atoms with E-state index in [0.717, 1.165) is 24.3 Å². The number of carbonyl (C=O) groups is 1. The molecule has 0 unspecified atom stereocenters. The van der Waals surface area contributed by atoms with Gasteiger partial charge in [-0.2, -0.15) is 13.2 Å². The first kappa shape index (κ1) is 22.6. The largest absolute Gasteiger partial charge is 0.416 e. The number of rotatable bonds is 3. The fraction of sp³-hybridized carbons (Fsp3) is 0.318. The second-order valence-electron chi connectivity index (χ2n) is 7.72. The molecule has 1 N–H and O–H groups in total. The molecule has 0 spiro atoms. The third kappa shape index (κ3) is 4.23. The van der Waals surface area contributed by atoms with Crippen LogP contribution < -0.4 is 21.3 Å². The van der Waals surface area contributed by atoms with Gasteiger partial charge in [0.1, 0.15) is 0 Å². The summed E-state index contributed by atoms with van der Waals surface area (Å²) in [5.41, 5.74) is -0.315. The zero-order chi connectivity index (χ0) is 23.9. The predicted octanol–water partition coefficient (Wildman–Crippen LogP) is 2.34. The van der Waals surface area contributed by atoms with E-state index < -0.39 is 28.8 Å². The van der Waals surface area contributed by atoms with Gasteiger partial charge in [0, 0.05) is 32.7 Å². The molecule has 1 fully saturated rings. The van der Waals surface area contributed by atoms with Crippen LogP contribution in [0.4, 0.5) is 24.5 Å². The molecule has 2 heterocycles. The molecule has 1 saturated heterocycles. The van der Waals surface area contributed by atoms with Crippen molar-refractivity contribution in [1.29, 1.82) is 0 Å². The van der Waals surface area contributed by atoms with Gasteiger partial charge in [-0.1, -0.05) is 0 Å². The fourth-order valence-corrected chi connectivity index (χ4v) is 3.78. The number of fused-ring (bicyclic) bond motifs is 1. The molecule has 3 aromatic rings. The van der Waals surface area contributed by atoms with Crippen LogP contribution in [0.3, 0.4) is 0 Å². The predicted molar refractivity (Wildman–Crippen MR) is 117 cm³/mol. The van der Waals surface area contributed by atoms with Crippen LogP contribution in [0.15, 0.2) is 46.0 Å². The summed E-state index contributed by atoms with van der Waals surface area (Å²) in [4.78, 5) is 39.4. The number of hydrogen-bond donors (Lipinski definition) is 1. The lowest BCUT2D eigenvalue weighted by molar-refractivity contribution is -0.137. The van der Waals surface area contributed by atoms with Crippen molar-refractivity contribution < 1.29 is 22.7 Å². The van der Waals surface area contributed by atoms with E-state index in [-0.39, 0.29) is 5.56 Å². The third-order valence-electron chi connectivity index (χ3n) is 5.68. The van der Waals surface area contributed by atoms with E-state index in [1.165, 1.54) is 23.2 Å². The first-order chi connectivity index (χ1) is 15.6. The number of amides is 1. The Morgan fingerprint density at radius 2 is 1.48 bits per heavy atom. The smallest absolute Gasteiger partial charge is 0.378 e. The van der Waals surface area contributed by atoms with Gasteiger partial charge in [-0.15, -0.1) is 0 Å².